The minimum absolute atomic E-state index is 1.17. The quantitative estimate of drug-likeness (QED) is 0.174. The van der Waals surface area contributed by atoms with E-state index < -0.39 is 0 Å². The third-order valence-electron chi connectivity index (χ3n) is 3.84. The van der Waals surface area contributed by atoms with Crippen LogP contribution in [0.25, 0.3) is 0 Å². The maximum Gasteiger partial charge on any atom is -0.0282 e. The van der Waals surface area contributed by atoms with E-state index in [4.69, 9.17) is 0 Å². The molecule has 0 aromatic carbocycles. The highest BCUT2D eigenvalue weighted by Gasteiger charge is 1.95. The Balaban J connectivity index is 3.61. The summed E-state index contributed by atoms with van der Waals surface area (Å²) in [5, 5.41) is 0. The first-order valence-electron chi connectivity index (χ1n) is 9.31. The molecule has 0 rings (SSSR count). The highest BCUT2D eigenvalue weighted by atomic mass is 14.0. The maximum atomic E-state index is 2.40. The van der Waals surface area contributed by atoms with Crippen molar-refractivity contribution in [1.29, 1.82) is 0 Å². The van der Waals surface area contributed by atoms with Gasteiger partial charge in [-0.1, -0.05) is 88.3 Å². The molecule has 21 heavy (non-hydrogen) atoms. The Kier molecular flexibility index (Phi) is 16.6. The SMILES string of the molecule is CC=CCCCCCCCCC(C=CCCCC)=CCC. The zero-order valence-electron chi connectivity index (χ0n) is 14.9. The van der Waals surface area contributed by atoms with E-state index in [-0.39, 0.29) is 0 Å². The van der Waals surface area contributed by atoms with E-state index in [9.17, 15) is 0 Å². The molecule has 0 bridgehead atoms. The molecule has 0 radical (unpaired) electrons. The molecule has 0 unspecified atom stereocenters. The van der Waals surface area contributed by atoms with Gasteiger partial charge >= 0.3 is 0 Å². The molecular formula is C21H38. The van der Waals surface area contributed by atoms with Crippen LogP contribution in [0.2, 0.25) is 0 Å². The average molecular weight is 291 g/mol. The minimum atomic E-state index is 1.17. The molecule has 0 nitrogen and oxygen atoms in total. The molecule has 0 aliphatic rings. The summed E-state index contributed by atoms with van der Waals surface area (Å²) in [6, 6.07) is 0. The van der Waals surface area contributed by atoms with Crippen molar-refractivity contribution in [2.75, 3.05) is 0 Å². The summed E-state index contributed by atoms with van der Waals surface area (Å²) in [5.41, 5.74) is 1.56. The van der Waals surface area contributed by atoms with Crippen molar-refractivity contribution in [3.8, 4) is 0 Å². The predicted octanol–water partition coefficient (Wildman–Crippen LogP) is 7.77. The van der Waals surface area contributed by atoms with E-state index in [1.54, 1.807) is 5.57 Å². The van der Waals surface area contributed by atoms with E-state index >= 15 is 0 Å². The molecule has 0 N–H and O–H groups in total. The fourth-order valence-electron chi connectivity index (χ4n) is 2.54. The molecule has 0 aliphatic carbocycles. The molecule has 0 saturated carbocycles. The van der Waals surface area contributed by atoms with Crippen LogP contribution < -0.4 is 0 Å². The highest BCUT2D eigenvalue weighted by Crippen LogP contribution is 2.14. The second kappa shape index (κ2) is 17.3. The van der Waals surface area contributed by atoms with Gasteiger partial charge in [-0.25, -0.2) is 0 Å². The van der Waals surface area contributed by atoms with Gasteiger partial charge in [0.1, 0.15) is 0 Å². The first kappa shape index (κ1) is 20.2. The van der Waals surface area contributed by atoms with Crippen LogP contribution in [-0.4, -0.2) is 0 Å². The molecular weight excluding hydrogens is 252 g/mol. The lowest BCUT2D eigenvalue weighted by molar-refractivity contribution is 0.597. The van der Waals surface area contributed by atoms with Crippen molar-refractivity contribution in [3.63, 3.8) is 0 Å². The Labute approximate surface area is 134 Å². The van der Waals surface area contributed by atoms with Crippen molar-refractivity contribution < 1.29 is 0 Å². The summed E-state index contributed by atoms with van der Waals surface area (Å²) in [7, 11) is 0. The first-order valence-corrected chi connectivity index (χ1v) is 9.31. The first-order chi connectivity index (χ1) is 10.3. The topological polar surface area (TPSA) is 0 Å². The smallest absolute Gasteiger partial charge is 0.0282 e. The van der Waals surface area contributed by atoms with Crippen LogP contribution in [0, 0.1) is 0 Å². The van der Waals surface area contributed by atoms with Crippen molar-refractivity contribution in [2.45, 2.75) is 97.8 Å². The van der Waals surface area contributed by atoms with Crippen molar-refractivity contribution in [2.24, 2.45) is 0 Å². The molecule has 0 amide bonds. The summed E-state index contributed by atoms with van der Waals surface area (Å²) in [5.74, 6) is 0. The molecule has 0 atom stereocenters. The Bertz CT molecular complexity index is 280. The van der Waals surface area contributed by atoms with E-state index in [0.29, 0.717) is 0 Å². The van der Waals surface area contributed by atoms with Gasteiger partial charge in [-0.05, 0) is 45.4 Å². The zero-order valence-corrected chi connectivity index (χ0v) is 14.9. The van der Waals surface area contributed by atoms with Crippen molar-refractivity contribution in [3.05, 3.63) is 36.0 Å². The van der Waals surface area contributed by atoms with Gasteiger partial charge in [-0.15, -0.1) is 0 Å². The summed E-state index contributed by atoms with van der Waals surface area (Å²) < 4.78 is 0. The van der Waals surface area contributed by atoms with Gasteiger partial charge < -0.3 is 0 Å². The predicted molar refractivity (Wildman–Crippen MR) is 98.8 cm³/mol. The molecule has 0 aromatic heterocycles. The fourth-order valence-corrected chi connectivity index (χ4v) is 2.54. The molecule has 0 fully saturated rings. The van der Waals surface area contributed by atoms with Crippen LogP contribution in [0.4, 0.5) is 0 Å². The largest absolute Gasteiger partial charge is 0.0917 e. The van der Waals surface area contributed by atoms with Crippen LogP contribution in [-0.2, 0) is 0 Å². The summed E-state index contributed by atoms with van der Waals surface area (Å²) in [6.45, 7) is 6.61. The standard InChI is InChI=1S/C21H38/c1-4-7-9-11-12-13-14-15-17-20-21(18-6-3)19-16-10-8-5-2/h4,7,16,18-19H,5-6,8-15,17,20H2,1-3H3. The number of rotatable bonds is 14. The molecule has 0 heteroatoms. The van der Waals surface area contributed by atoms with Gasteiger partial charge in [-0.3, -0.25) is 0 Å². The van der Waals surface area contributed by atoms with Gasteiger partial charge in [0.05, 0.1) is 0 Å². The third kappa shape index (κ3) is 15.4. The molecule has 0 aromatic rings. The normalized spacial score (nSPS) is 12.8. The number of allylic oxidation sites excluding steroid dienone is 6. The van der Waals surface area contributed by atoms with E-state index in [0.717, 1.165) is 0 Å². The highest BCUT2D eigenvalue weighted by molar-refractivity contribution is 5.18. The van der Waals surface area contributed by atoms with Crippen LogP contribution >= 0.6 is 0 Å². The van der Waals surface area contributed by atoms with E-state index in [1.807, 2.05) is 0 Å². The number of unbranched alkanes of at least 4 members (excludes halogenated alkanes) is 8. The zero-order chi connectivity index (χ0) is 15.6. The summed E-state index contributed by atoms with van der Waals surface area (Å²) in [4.78, 5) is 0. The molecule has 122 valence electrons. The Hall–Kier alpha value is -0.780. The molecule has 0 spiro atoms. The second-order valence-electron chi connectivity index (χ2n) is 5.96. The van der Waals surface area contributed by atoms with Crippen LogP contribution in [0.5, 0.6) is 0 Å². The van der Waals surface area contributed by atoms with Gasteiger partial charge in [0.2, 0.25) is 0 Å². The summed E-state index contributed by atoms with van der Waals surface area (Å²) in [6.07, 6.45) is 27.5. The summed E-state index contributed by atoms with van der Waals surface area (Å²) >= 11 is 0. The maximum absolute atomic E-state index is 2.40. The van der Waals surface area contributed by atoms with Crippen LogP contribution in [0.1, 0.15) is 97.8 Å². The lowest BCUT2D eigenvalue weighted by atomic mass is 10.0. The third-order valence-corrected chi connectivity index (χ3v) is 3.84. The lowest BCUT2D eigenvalue weighted by Gasteiger charge is -2.03. The Morgan fingerprint density at radius 3 is 2.10 bits per heavy atom. The molecule has 0 heterocycles. The van der Waals surface area contributed by atoms with E-state index in [2.05, 4.69) is 51.2 Å². The Morgan fingerprint density at radius 2 is 1.43 bits per heavy atom. The number of hydrogen-bond donors (Lipinski definition) is 0. The van der Waals surface area contributed by atoms with Crippen LogP contribution in [0.3, 0.4) is 0 Å². The van der Waals surface area contributed by atoms with Gasteiger partial charge in [-0.2, -0.15) is 0 Å². The van der Waals surface area contributed by atoms with Gasteiger partial charge in [0.25, 0.3) is 0 Å². The minimum Gasteiger partial charge on any atom is -0.0917 e. The van der Waals surface area contributed by atoms with E-state index in [1.165, 1.54) is 77.0 Å². The molecule has 0 saturated heterocycles. The van der Waals surface area contributed by atoms with Crippen LogP contribution in [0.15, 0.2) is 36.0 Å². The lowest BCUT2D eigenvalue weighted by Crippen LogP contribution is -1.84. The fraction of sp³-hybridized carbons (Fsp3) is 0.714. The Morgan fingerprint density at radius 1 is 0.762 bits per heavy atom. The second-order valence-corrected chi connectivity index (χ2v) is 5.96. The average Bonchev–Trinajstić information content (AvgIpc) is 2.49. The molecule has 0 aliphatic heterocycles. The van der Waals surface area contributed by atoms with Gasteiger partial charge in [0.15, 0.2) is 0 Å². The van der Waals surface area contributed by atoms with Gasteiger partial charge in [0, 0.05) is 0 Å². The monoisotopic (exact) mass is 290 g/mol. The number of hydrogen-bond acceptors (Lipinski definition) is 0. The van der Waals surface area contributed by atoms with Crippen molar-refractivity contribution in [1.82, 2.24) is 0 Å². The van der Waals surface area contributed by atoms with Crippen molar-refractivity contribution >= 4 is 0 Å².